The molecule has 5 heteroatoms. The van der Waals surface area contributed by atoms with Crippen molar-refractivity contribution in [2.75, 3.05) is 6.61 Å². The maximum atomic E-state index is 10.9. The van der Waals surface area contributed by atoms with E-state index in [4.69, 9.17) is 4.74 Å². The topological polar surface area (TPSA) is 61.8 Å². The Kier molecular flexibility index (Phi) is 4.85. The molecule has 1 radical (unpaired) electrons. The molecule has 0 spiro atoms. The zero-order chi connectivity index (χ0) is 11.8. The van der Waals surface area contributed by atoms with Gasteiger partial charge in [-0.3, -0.25) is 0 Å². The van der Waals surface area contributed by atoms with Crippen LogP contribution in [-0.4, -0.2) is 19.2 Å². The molecular formula is C11H11O5. The maximum Gasteiger partial charge on any atom is 0.513 e. The van der Waals surface area contributed by atoms with Gasteiger partial charge >= 0.3 is 12.6 Å². The van der Waals surface area contributed by atoms with Crippen molar-refractivity contribution >= 4 is 12.6 Å². The van der Waals surface area contributed by atoms with Crippen LogP contribution in [0.4, 0.5) is 4.79 Å². The van der Waals surface area contributed by atoms with Gasteiger partial charge in [-0.15, -0.1) is 0 Å². The second kappa shape index (κ2) is 6.44. The van der Waals surface area contributed by atoms with Crippen LogP contribution in [0.5, 0.6) is 5.75 Å². The van der Waals surface area contributed by atoms with Gasteiger partial charge in [0.05, 0.1) is 6.61 Å². The molecular weight excluding hydrogens is 212 g/mol. The molecule has 0 atom stereocenters. The summed E-state index contributed by atoms with van der Waals surface area (Å²) >= 11 is 0. The Morgan fingerprint density at radius 3 is 2.56 bits per heavy atom. The molecule has 0 aromatic heterocycles. The van der Waals surface area contributed by atoms with Crippen LogP contribution < -0.4 is 4.74 Å². The number of carbonyl (C=O) groups excluding carboxylic acids is 2. The molecule has 0 bridgehead atoms. The van der Waals surface area contributed by atoms with Crippen molar-refractivity contribution < 1.29 is 23.8 Å². The van der Waals surface area contributed by atoms with E-state index in [1.807, 2.05) is 0 Å². The highest BCUT2D eigenvalue weighted by Gasteiger charge is 2.04. The van der Waals surface area contributed by atoms with Crippen molar-refractivity contribution in [3.8, 4) is 5.75 Å². The fourth-order valence-corrected chi connectivity index (χ4v) is 1.01. The minimum atomic E-state index is -0.743. The molecule has 0 aliphatic carbocycles. The van der Waals surface area contributed by atoms with E-state index in [0.717, 1.165) is 5.56 Å². The van der Waals surface area contributed by atoms with Crippen LogP contribution in [0.25, 0.3) is 0 Å². The van der Waals surface area contributed by atoms with Crippen molar-refractivity contribution in [3.05, 3.63) is 29.8 Å². The van der Waals surface area contributed by atoms with Gasteiger partial charge in [0, 0.05) is 0 Å². The Balaban J connectivity index is 2.50. The van der Waals surface area contributed by atoms with Gasteiger partial charge < -0.3 is 14.2 Å². The number of ether oxygens (including phenoxy) is 3. The Morgan fingerprint density at radius 1 is 1.31 bits per heavy atom. The van der Waals surface area contributed by atoms with Crippen molar-refractivity contribution in [3.63, 3.8) is 0 Å². The van der Waals surface area contributed by atoms with E-state index >= 15 is 0 Å². The summed E-state index contributed by atoms with van der Waals surface area (Å²) in [6.07, 6.45) is -0.743. The molecule has 0 fully saturated rings. The van der Waals surface area contributed by atoms with Crippen LogP contribution >= 0.6 is 0 Å². The zero-order valence-electron chi connectivity index (χ0n) is 8.76. The van der Waals surface area contributed by atoms with Gasteiger partial charge in [-0.25, -0.2) is 9.59 Å². The highest BCUT2D eigenvalue weighted by molar-refractivity contribution is 5.63. The van der Waals surface area contributed by atoms with E-state index in [-0.39, 0.29) is 13.2 Å². The van der Waals surface area contributed by atoms with Gasteiger partial charge in [0.25, 0.3) is 0 Å². The number of carbonyl (C=O) groups is 1. The second-order valence-electron chi connectivity index (χ2n) is 2.80. The van der Waals surface area contributed by atoms with Crippen molar-refractivity contribution in [2.24, 2.45) is 0 Å². The number of hydrogen-bond acceptors (Lipinski definition) is 5. The number of hydrogen-bond donors (Lipinski definition) is 0. The molecule has 0 heterocycles. The molecule has 0 aliphatic heterocycles. The number of benzene rings is 1. The third-order valence-electron chi connectivity index (χ3n) is 1.68. The van der Waals surface area contributed by atoms with E-state index in [9.17, 15) is 9.59 Å². The lowest BCUT2D eigenvalue weighted by molar-refractivity contribution is 0.104. The van der Waals surface area contributed by atoms with E-state index < -0.39 is 6.16 Å². The van der Waals surface area contributed by atoms with Crippen LogP contribution in [0, 0.1) is 0 Å². The lowest BCUT2D eigenvalue weighted by atomic mass is 10.2. The average molecular weight is 223 g/mol. The van der Waals surface area contributed by atoms with Crippen molar-refractivity contribution in [1.82, 2.24) is 0 Å². The van der Waals surface area contributed by atoms with Gasteiger partial charge in [0.2, 0.25) is 0 Å². The largest absolute Gasteiger partial charge is 0.513 e. The quantitative estimate of drug-likeness (QED) is 0.562. The van der Waals surface area contributed by atoms with Gasteiger partial charge in [-0.1, -0.05) is 12.1 Å². The van der Waals surface area contributed by atoms with Crippen LogP contribution in [0.15, 0.2) is 24.3 Å². The Bertz CT molecular complexity index is 344. The Hall–Kier alpha value is -2.04. The maximum absolute atomic E-state index is 10.9. The molecule has 1 rings (SSSR count). The van der Waals surface area contributed by atoms with Crippen LogP contribution in [0.3, 0.4) is 0 Å². The monoisotopic (exact) mass is 223 g/mol. The lowest BCUT2D eigenvalue weighted by Crippen LogP contribution is -2.09. The molecule has 5 nitrogen and oxygen atoms in total. The van der Waals surface area contributed by atoms with E-state index in [2.05, 4.69) is 9.47 Å². The first-order valence-electron chi connectivity index (χ1n) is 4.68. The van der Waals surface area contributed by atoms with Crippen LogP contribution in [0.2, 0.25) is 0 Å². The molecule has 0 amide bonds. The predicted molar refractivity (Wildman–Crippen MR) is 54.6 cm³/mol. The van der Waals surface area contributed by atoms with Crippen molar-refractivity contribution in [1.29, 1.82) is 0 Å². The third-order valence-corrected chi connectivity index (χ3v) is 1.68. The fraction of sp³-hybridized carbons (Fsp3) is 0.273. The highest BCUT2D eigenvalue weighted by Crippen LogP contribution is 2.13. The normalized spacial score (nSPS) is 9.31. The molecule has 0 saturated carbocycles. The SMILES string of the molecule is CCOC(=O)Oc1ccc(CO[C]=O)cc1. The van der Waals surface area contributed by atoms with E-state index in [1.165, 1.54) is 6.47 Å². The molecule has 1 aromatic rings. The van der Waals surface area contributed by atoms with Crippen molar-refractivity contribution in [2.45, 2.75) is 13.5 Å². The molecule has 0 N–H and O–H groups in total. The summed E-state index contributed by atoms with van der Waals surface area (Å²) in [5, 5.41) is 0. The van der Waals surface area contributed by atoms with E-state index in [0.29, 0.717) is 5.75 Å². The average Bonchev–Trinajstić information content (AvgIpc) is 2.28. The summed E-state index contributed by atoms with van der Waals surface area (Å²) in [6.45, 7) is 3.42. The third kappa shape index (κ3) is 4.00. The first-order valence-corrected chi connectivity index (χ1v) is 4.68. The zero-order valence-corrected chi connectivity index (χ0v) is 8.76. The van der Waals surface area contributed by atoms with Gasteiger partial charge in [-0.2, -0.15) is 0 Å². The highest BCUT2D eigenvalue weighted by atomic mass is 16.7. The minimum Gasteiger partial charge on any atom is -0.452 e. The Morgan fingerprint density at radius 2 is 2.00 bits per heavy atom. The summed E-state index contributed by atoms with van der Waals surface area (Å²) in [7, 11) is 0. The summed E-state index contributed by atoms with van der Waals surface area (Å²) in [5.41, 5.74) is 0.777. The fourth-order valence-electron chi connectivity index (χ4n) is 1.01. The first-order chi connectivity index (χ1) is 7.76. The molecule has 0 unspecified atom stereocenters. The standard InChI is InChI=1S/C11H11O5/c1-2-15-11(13)16-10-5-3-9(4-6-10)7-14-8-12/h3-6H,2,7H2,1H3. The lowest BCUT2D eigenvalue weighted by Gasteiger charge is -2.04. The van der Waals surface area contributed by atoms with Gasteiger partial charge in [0.1, 0.15) is 12.4 Å². The van der Waals surface area contributed by atoms with Crippen LogP contribution in [-0.2, 0) is 20.9 Å². The summed E-state index contributed by atoms with van der Waals surface area (Å²) in [5.74, 6) is 0.372. The number of rotatable bonds is 5. The smallest absolute Gasteiger partial charge is 0.452 e. The second-order valence-corrected chi connectivity index (χ2v) is 2.80. The minimum absolute atomic E-state index is 0.142. The molecule has 0 saturated heterocycles. The van der Waals surface area contributed by atoms with Gasteiger partial charge in [-0.05, 0) is 24.6 Å². The first kappa shape index (κ1) is 12.0. The molecule has 16 heavy (non-hydrogen) atoms. The summed E-state index contributed by atoms with van der Waals surface area (Å²) in [4.78, 5) is 20.8. The van der Waals surface area contributed by atoms with Crippen LogP contribution in [0.1, 0.15) is 12.5 Å². The van der Waals surface area contributed by atoms with E-state index in [1.54, 1.807) is 31.2 Å². The molecule has 1 aromatic carbocycles. The van der Waals surface area contributed by atoms with Gasteiger partial charge in [0.15, 0.2) is 0 Å². The predicted octanol–water partition coefficient (Wildman–Crippen LogP) is 1.81. The molecule has 0 aliphatic rings. The Labute approximate surface area is 92.9 Å². The molecule has 85 valence electrons. The summed E-state index contributed by atoms with van der Waals surface area (Å²) < 4.78 is 13.9. The summed E-state index contributed by atoms with van der Waals surface area (Å²) in [6, 6.07) is 6.51.